The van der Waals surface area contributed by atoms with Gasteiger partial charge in [0.05, 0.1) is 12.7 Å². The van der Waals surface area contributed by atoms with E-state index in [1.807, 2.05) is 38.2 Å². The van der Waals surface area contributed by atoms with Gasteiger partial charge in [0.25, 0.3) is 5.91 Å². The summed E-state index contributed by atoms with van der Waals surface area (Å²) in [7, 11) is 1.89. The molecule has 1 N–H and O–H groups in total. The van der Waals surface area contributed by atoms with Gasteiger partial charge in [-0.15, -0.1) is 0 Å². The number of nitrogens with one attached hydrogen (secondary N) is 1. The van der Waals surface area contributed by atoms with Gasteiger partial charge in [-0.1, -0.05) is 18.2 Å². The Balaban J connectivity index is 1.89. The molecule has 0 aliphatic carbocycles. The molecule has 20 heavy (non-hydrogen) atoms. The number of hydrogen-bond acceptors (Lipinski definition) is 4. The van der Waals surface area contributed by atoms with Crippen molar-refractivity contribution < 1.29 is 14.3 Å². The zero-order valence-electron chi connectivity index (χ0n) is 12.1. The highest BCUT2D eigenvalue weighted by Crippen LogP contribution is 2.17. The van der Waals surface area contributed by atoms with Crippen molar-refractivity contribution in [2.75, 3.05) is 33.4 Å². The third kappa shape index (κ3) is 3.95. The van der Waals surface area contributed by atoms with Crippen molar-refractivity contribution in [1.82, 2.24) is 10.2 Å². The maximum Gasteiger partial charge on any atom is 0.260 e. The van der Waals surface area contributed by atoms with Crippen LogP contribution in [0.4, 0.5) is 0 Å². The molecule has 0 aromatic heterocycles. The van der Waals surface area contributed by atoms with Crippen LogP contribution in [0.2, 0.25) is 0 Å². The normalized spacial score (nSPS) is 18.9. The molecule has 0 bridgehead atoms. The van der Waals surface area contributed by atoms with Gasteiger partial charge in [-0.05, 0) is 20.0 Å². The number of benzene rings is 1. The molecular formula is C15H22N2O3. The third-order valence-electron chi connectivity index (χ3n) is 3.28. The molecule has 1 heterocycles. The number of para-hydroxylation sites is 1. The zero-order valence-corrected chi connectivity index (χ0v) is 12.1. The van der Waals surface area contributed by atoms with Crippen LogP contribution in [0.5, 0.6) is 5.75 Å². The van der Waals surface area contributed by atoms with E-state index in [9.17, 15) is 4.79 Å². The van der Waals surface area contributed by atoms with Gasteiger partial charge in [-0.3, -0.25) is 4.79 Å². The number of carbonyl (C=O) groups is 1. The molecule has 1 saturated heterocycles. The minimum Gasteiger partial charge on any atom is -0.483 e. The number of carbonyl (C=O) groups excluding carboxylic acids is 1. The summed E-state index contributed by atoms with van der Waals surface area (Å²) in [5, 5.41) is 3.09. The van der Waals surface area contributed by atoms with E-state index < -0.39 is 0 Å². The second-order valence-corrected chi connectivity index (χ2v) is 4.95. The number of hydrogen-bond donors (Lipinski definition) is 1. The van der Waals surface area contributed by atoms with Crippen LogP contribution < -0.4 is 10.1 Å². The molecule has 1 aliphatic heterocycles. The minimum absolute atomic E-state index is 0.0133. The van der Waals surface area contributed by atoms with E-state index in [2.05, 4.69) is 5.32 Å². The Bertz CT molecular complexity index is 450. The first-order valence-corrected chi connectivity index (χ1v) is 6.95. The van der Waals surface area contributed by atoms with Gasteiger partial charge >= 0.3 is 0 Å². The Morgan fingerprint density at radius 2 is 2.30 bits per heavy atom. The molecule has 1 atom stereocenters. The van der Waals surface area contributed by atoms with E-state index in [-0.39, 0.29) is 18.6 Å². The van der Waals surface area contributed by atoms with Crippen LogP contribution in [-0.4, -0.2) is 50.3 Å². The standard InChI is InChI=1S/C15H22N2O3/c1-12-10-17(7-8-19-12)15(18)11-20-14-6-4-3-5-13(14)9-16-2/h3-6,12,16H,7-11H2,1-2H3. The summed E-state index contributed by atoms with van der Waals surface area (Å²) in [5.41, 5.74) is 1.05. The van der Waals surface area contributed by atoms with Crippen LogP contribution in [-0.2, 0) is 16.1 Å². The van der Waals surface area contributed by atoms with Crippen LogP contribution in [0, 0.1) is 0 Å². The number of ether oxygens (including phenoxy) is 2. The molecular weight excluding hydrogens is 256 g/mol. The topological polar surface area (TPSA) is 50.8 Å². The van der Waals surface area contributed by atoms with E-state index in [1.165, 1.54) is 0 Å². The second-order valence-electron chi connectivity index (χ2n) is 4.95. The summed E-state index contributed by atoms with van der Waals surface area (Å²) in [6.07, 6.45) is 0.101. The lowest BCUT2D eigenvalue weighted by molar-refractivity contribution is -0.140. The van der Waals surface area contributed by atoms with Crippen molar-refractivity contribution in [3.63, 3.8) is 0 Å². The summed E-state index contributed by atoms with van der Waals surface area (Å²) < 4.78 is 11.1. The van der Waals surface area contributed by atoms with Gasteiger partial charge in [-0.2, -0.15) is 0 Å². The molecule has 5 heteroatoms. The van der Waals surface area contributed by atoms with Crippen molar-refractivity contribution in [2.24, 2.45) is 0 Å². The van der Waals surface area contributed by atoms with Crippen molar-refractivity contribution in [3.8, 4) is 5.75 Å². The number of morpholine rings is 1. The van der Waals surface area contributed by atoms with E-state index >= 15 is 0 Å². The summed E-state index contributed by atoms with van der Waals surface area (Å²) >= 11 is 0. The first-order valence-electron chi connectivity index (χ1n) is 6.95. The number of nitrogens with zero attached hydrogens (tertiary/aromatic N) is 1. The fourth-order valence-electron chi connectivity index (χ4n) is 2.26. The predicted octanol–water partition coefficient (Wildman–Crippen LogP) is 1.03. The van der Waals surface area contributed by atoms with E-state index in [0.717, 1.165) is 17.9 Å². The van der Waals surface area contributed by atoms with Crippen molar-refractivity contribution in [2.45, 2.75) is 19.6 Å². The molecule has 2 rings (SSSR count). The van der Waals surface area contributed by atoms with Crippen LogP contribution >= 0.6 is 0 Å². The average Bonchev–Trinajstić information content (AvgIpc) is 2.46. The predicted molar refractivity (Wildman–Crippen MR) is 76.7 cm³/mol. The zero-order chi connectivity index (χ0) is 14.4. The summed E-state index contributed by atoms with van der Waals surface area (Å²) in [4.78, 5) is 13.9. The van der Waals surface area contributed by atoms with Crippen LogP contribution in [0.15, 0.2) is 24.3 Å². The molecule has 1 aliphatic rings. The van der Waals surface area contributed by atoms with Gasteiger partial charge in [0.15, 0.2) is 6.61 Å². The maximum absolute atomic E-state index is 12.1. The summed E-state index contributed by atoms with van der Waals surface area (Å²) in [6, 6.07) is 7.76. The number of amides is 1. The van der Waals surface area contributed by atoms with Crippen molar-refractivity contribution >= 4 is 5.91 Å². The quantitative estimate of drug-likeness (QED) is 0.874. The molecule has 0 saturated carbocycles. The Kier molecular flexibility index (Phi) is 5.38. The van der Waals surface area contributed by atoms with Crippen molar-refractivity contribution in [3.05, 3.63) is 29.8 Å². The molecule has 110 valence electrons. The highest BCUT2D eigenvalue weighted by Gasteiger charge is 2.21. The maximum atomic E-state index is 12.1. The lowest BCUT2D eigenvalue weighted by atomic mass is 10.2. The Morgan fingerprint density at radius 1 is 1.50 bits per heavy atom. The lowest BCUT2D eigenvalue weighted by Crippen LogP contribution is -2.46. The largest absolute Gasteiger partial charge is 0.483 e. The van der Waals surface area contributed by atoms with Crippen molar-refractivity contribution in [1.29, 1.82) is 0 Å². The van der Waals surface area contributed by atoms with Gasteiger partial charge in [-0.25, -0.2) is 0 Å². The summed E-state index contributed by atoms with van der Waals surface area (Å²) in [6.45, 7) is 4.66. The Labute approximate surface area is 119 Å². The van der Waals surface area contributed by atoms with Gasteiger partial charge in [0.1, 0.15) is 5.75 Å². The molecule has 0 radical (unpaired) electrons. The molecule has 1 amide bonds. The fraction of sp³-hybridized carbons (Fsp3) is 0.533. The van der Waals surface area contributed by atoms with Gasteiger partial charge < -0.3 is 19.7 Å². The fourth-order valence-corrected chi connectivity index (χ4v) is 2.26. The SMILES string of the molecule is CNCc1ccccc1OCC(=O)N1CCOC(C)C1. The first kappa shape index (κ1) is 14.8. The van der Waals surface area contributed by atoms with Gasteiger partial charge in [0.2, 0.25) is 0 Å². The Morgan fingerprint density at radius 3 is 3.05 bits per heavy atom. The van der Waals surface area contributed by atoms with Gasteiger partial charge in [0, 0.05) is 25.2 Å². The average molecular weight is 278 g/mol. The van der Waals surface area contributed by atoms with E-state index in [1.54, 1.807) is 4.90 Å². The smallest absolute Gasteiger partial charge is 0.260 e. The van der Waals surface area contributed by atoms with E-state index in [4.69, 9.17) is 9.47 Å². The molecule has 5 nitrogen and oxygen atoms in total. The number of rotatable bonds is 5. The monoisotopic (exact) mass is 278 g/mol. The highest BCUT2D eigenvalue weighted by molar-refractivity contribution is 5.78. The molecule has 1 unspecified atom stereocenters. The lowest BCUT2D eigenvalue weighted by Gasteiger charge is -2.31. The van der Waals surface area contributed by atoms with Crippen LogP contribution in [0.25, 0.3) is 0 Å². The third-order valence-corrected chi connectivity index (χ3v) is 3.28. The Hall–Kier alpha value is -1.59. The molecule has 1 aromatic carbocycles. The van der Waals surface area contributed by atoms with Crippen LogP contribution in [0.1, 0.15) is 12.5 Å². The molecule has 0 spiro atoms. The second kappa shape index (κ2) is 7.26. The van der Waals surface area contributed by atoms with Crippen LogP contribution in [0.3, 0.4) is 0 Å². The summed E-state index contributed by atoms with van der Waals surface area (Å²) in [5.74, 6) is 0.774. The van der Waals surface area contributed by atoms with E-state index in [0.29, 0.717) is 19.7 Å². The molecule has 1 fully saturated rings. The minimum atomic E-state index is 0.0133. The first-order chi connectivity index (χ1) is 9.70. The molecule has 1 aromatic rings. The highest BCUT2D eigenvalue weighted by atomic mass is 16.5.